The Hall–Kier alpha value is -3.59. The lowest BCUT2D eigenvalue weighted by atomic mass is 10.2. The van der Waals surface area contributed by atoms with Gasteiger partial charge in [-0.15, -0.1) is 11.3 Å². The molecule has 1 amide bonds. The third-order valence-electron chi connectivity index (χ3n) is 4.00. The summed E-state index contributed by atoms with van der Waals surface area (Å²) in [4.78, 5) is 28.3. The molecule has 1 aromatic carbocycles. The first-order valence-electron chi connectivity index (χ1n) is 8.28. The highest BCUT2D eigenvalue weighted by atomic mass is 32.1. The van der Waals surface area contributed by atoms with Gasteiger partial charge in [0.15, 0.2) is 16.7 Å². The molecule has 28 heavy (non-hydrogen) atoms. The molecule has 0 aliphatic rings. The SMILES string of the molecule is CC(=O)c1csc(NC(=O)c2cnn(-c3ccccc3F)c2-n2cccc2)n1. The molecule has 4 rings (SSSR count). The minimum atomic E-state index is -0.462. The van der Waals surface area contributed by atoms with Crippen molar-refractivity contribution in [2.24, 2.45) is 0 Å². The van der Waals surface area contributed by atoms with Crippen LogP contribution in [0.25, 0.3) is 11.5 Å². The van der Waals surface area contributed by atoms with E-state index in [1.54, 1.807) is 52.7 Å². The number of aromatic nitrogens is 4. The summed E-state index contributed by atoms with van der Waals surface area (Å²) in [5.74, 6) is -0.721. The van der Waals surface area contributed by atoms with Crippen molar-refractivity contribution in [2.45, 2.75) is 6.92 Å². The molecular weight excluding hydrogens is 381 g/mol. The topological polar surface area (TPSA) is 81.8 Å². The van der Waals surface area contributed by atoms with Gasteiger partial charge in [0.1, 0.15) is 22.8 Å². The summed E-state index contributed by atoms with van der Waals surface area (Å²) >= 11 is 1.15. The van der Waals surface area contributed by atoms with Crippen molar-refractivity contribution < 1.29 is 14.0 Å². The fraction of sp³-hybridized carbons (Fsp3) is 0.0526. The number of ketones is 1. The second kappa shape index (κ2) is 7.20. The standard InChI is InChI=1S/C19H14FN5O2S/c1-12(26)15-11-28-19(22-15)23-17(27)13-10-21-25(16-7-3-2-6-14(16)20)18(13)24-8-4-5-9-24/h2-11H,1H3,(H,22,23,27). The van der Waals surface area contributed by atoms with Crippen LogP contribution in [0, 0.1) is 5.82 Å². The molecule has 3 heterocycles. The van der Waals surface area contributed by atoms with Crippen LogP contribution in [0.1, 0.15) is 27.8 Å². The number of nitrogens with one attached hydrogen (secondary N) is 1. The average molecular weight is 395 g/mol. The molecule has 1 N–H and O–H groups in total. The molecule has 7 nitrogen and oxygen atoms in total. The van der Waals surface area contributed by atoms with Crippen LogP contribution >= 0.6 is 11.3 Å². The van der Waals surface area contributed by atoms with Crippen molar-refractivity contribution >= 4 is 28.2 Å². The number of amides is 1. The van der Waals surface area contributed by atoms with Gasteiger partial charge < -0.3 is 4.57 Å². The van der Waals surface area contributed by atoms with E-state index < -0.39 is 11.7 Å². The summed E-state index contributed by atoms with van der Waals surface area (Å²) in [6.45, 7) is 1.41. The van der Waals surface area contributed by atoms with Crippen molar-refractivity contribution in [1.82, 2.24) is 19.3 Å². The van der Waals surface area contributed by atoms with Gasteiger partial charge in [0.25, 0.3) is 5.91 Å². The van der Waals surface area contributed by atoms with Crippen LogP contribution in [0.4, 0.5) is 9.52 Å². The van der Waals surface area contributed by atoms with E-state index in [4.69, 9.17) is 0 Å². The zero-order valence-corrected chi connectivity index (χ0v) is 15.5. The monoisotopic (exact) mass is 395 g/mol. The van der Waals surface area contributed by atoms with Crippen molar-refractivity contribution in [1.29, 1.82) is 0 Å². The maximum absolute atomic E-state index is 14.3. The number of rotatable bonds is 5. The highest BCUT2D eigenvalue weighted by molar-refractivity contribution is 7.14. The minimum Gasteiger partial charge on any atom is -0.308 e. The van der Waals surface area contributed by atoms with Gasteiger partial charge in [0, 0.05) is 24.7 Å². The Morgan fingerprint density at radius 2 is 1.89 bits per heavy atom. The normalized spacial score (nSPS) is 10.8. The second-order valence-corrected chi connectivity index (χ2v) is 6.74. The van der Waals surface area contributed by atoms with E-state index in [-0.39, 0.29) is 22.7 Å². The summed E-state index contributed by atoms with van der Waals surface area (Å²) in [5.41, 5.74) is 0.741. The van der Waals surface area contributed by atoms with Crippen LogP contribution in [0.15, 0.2) is 60.4 Å². The van der Waals surface area contributed by atoms with Gasteiger partial charge in [-0.05, 0) is 24.3 Å². The van der Waals surface area contributed by atoms with Crippen LogP contribution < -0.4 is 5.32 Å². The van der Waals surface area contributed by atoms with E-state index in [9.17, 15) is 14.0 Å². The number of carbonyl (C=O) groups excluding carboxylic acids is 2. The van der Waals surface area contributed by atoms with Crippen LogP contribution in [0.3, 0.4) is 0 Å². The summed E-state index contributed by atoms with van der Waals surface area (Å²) in [5, 5.41) is 8.77. The first kappa shape index (κ1) is 17.8. The number of halogens is 1. The van der Waals surface area contributed by atoms with E-state index in [0.29, 0.717) is 10.9 Å². The lowest BCUT2D eigenvalue weighted by molar-refractivity contribution is 0.100. The Labute approximate surface area is 163 Å². The molecule has 0 aliphatic carbocycles. The Bertz CT molecular complexity index is 1160. The molecule has 3 aromatic heterocycles. The third kappa shape index (κ3) is 3.23. The number of thiazole rings is 1. The fourth-order valence-electron chi connectivity index (χ4n) is 2.68. The van der Waals surface area contributed by atoms with Gasteiger partial charge in [0.05, 0.1) is 6.20 Å². The van der Waals surface area contributed by atoms with Crippen molar-refractivity contribution in [2.75, 3.05) is 5.32 Å². The number of hydrogen-bond donors (Lipinski definition) is 1. The molecule has 0 saturated carbocycles. The van der Waals surface area contributed by atoms with Gasteiger partial charge in [-0.2, -0.15) is 5.10 Å². The zero-order chi connectivity index (χ0) is 19.7. The van der Waals surface area contributed by atoms with Gasteiger partial charge >= 0.3 is 0 Å². The van der Waals surface area contributed by atoms with E-state index in [1.807, 2.05) is 0 Å². The molecule has 0 unspecified atom stereocenters. The lowest BCUT2D eigenvalue weighted by Crippen LogP contribution is -2.15. The maximum atomic E-state index is 14.3. The first-order chi connectivity index (χ1) is 13.5. The number of para-hydroxylation sites is 1. The predicted molar refractivity (Wildman–Crippen MR) is 103 cm³/mol. The molecule has 0 aliphatic heterocycles. The highest BCUT2D eigenvalue weighted by Crippen LogP contribution is 2.23. The van der Waals surface area contributed by atoms with Crippen LogP contribution in [-0.4, -0.2) is 31.0 Å². The molecule has 0 radical (unpaired) electrons. The van der Waals surface area contributed by atoms with E-state index >= 15 is 0 Å². The molecule has 140 valence electrons. The van der Waals surface area contributed by atoms with Gasteiger partial charge in [-0.1, -0.05) is 12.1 Å². The largest absolute Gasteiger partial charge is 0.308 e. The highest BCUT2D eigenvalue weighted by Gasteiger charge is 2.22. The number of benzene rings is 1. The Morgan fingerprint density at radius 3 is 2.57 bits per heavy atom. The second-order valence-electron chi connectivity index (χ2n) is 5.88. The van der Waals surface area contributed by atoms with Gasteiger partial charge in [0.2, 0.25) is 0 Å². The van der Waals surface area contributed by atoms with Crippen molar-refractivity contribution in [3.63, 3.8) is 0 Å². The number of hydrogen-bond acceptors (Lipinski definition) is 5. The van der Waals surface area contributed by atoms with Crippen molar-refractivity contribution in [3.8, 4) is 11.5 Å². The maximum Gasteiger partial charge on any atom is 0.262 e. The summed E-state index contributed by atoms with van der Waals surface area (Å²) < 4.78 is 17.4. The Morgan fingerprint density at radius 1 is 1.14 bits per heavy atom. The summed E-state index contributed by atoms with van der Waals surface area (Å²) in [6, 6.07) is 9.77. The smallest absolute Gasteiger partial charge is 0.262 e. The van der Waals surface area contributed by atoms with E-state index in [0.717, 1.165) is 11.3 Å². The molecule has 4 aromatic rings. The molecule has 0 spiro atoms. The van der Waals surface area contributed by atoms with Crippen molar-refractivity contribution in [3.05, 3.63) is 77.4 Å². The number of anilines is 1. The number of Topliss-reactive ketones (excluding diaryl/α,β-unsaturated/α-hetero) is 1. The Kier molecular flexibility index (Phi) is 4.58. The van der Waals surface area contributed by atoms with Crippen LogP contribution in [0.5, 0.6) is 0 Å². The third-order valence-corrected chi connectivity index (χ3v) is 4.76. The van der Waals surface area contributed by atoms with Crippen LogP contribution in [-0.2, 0) is 0 Å². The van der Waals surface area contributed by atoms with E-state index in [1.165, 1.54) is 23.9 Å². The van der Waals surface area contributed by atoms with Gasteiger partial charge in [-0.25, -0.2) is 14.1 Å². The molecule has 0 bridgehead atoms. The molecule has 0 fully saturated rings. The molecule has 0 saturated heterocycles. The molecule has 9 heteroatoms. The number of nitrogens with zero attached hydrogens (tertiary/aromatic N) is 4. The minimum absolute atomic E-state index is 0.183. The Balaban J connectivity index is 1.76. The first-order valence-corrected chi connectivity index (χ1v) is 9.16. The quantitative estimate of drug-likeness (QED) is 0.522. The van der Waals surface area contributed by atoms with E-state index in [2.05, 4.69) is 15.4 Å². The van der Waals surface area contributed by atoms with Crippen LogP contribution in [0.2, 0.25) is 0 Å². The fourth-order valence-corrected chi connectivity index (χ4v) is 3.43. The lowest BCUT2D eigenvalue weighted by Gasteiger charge is -2.11. The molecule has 0 atom stereocenters. The number of carbonyl (C=O) groups is 2. The summed E-state index contributed by atoms with van der Waals surface area (Å²) in [6.07, 6.45) is 4.85. The summed E-state index contributed by atoms with van der Waals surface area (Å²) in [7, 11) is 0. The molecular formula is C19H14FN5O2S. The predicted octanol–water partition coefficient (Wildman–Crippen LogP) is 3.71. The average Bonchev–Trinajstić information content (AvgIpc) is 3.42. The zero-order valence-electron chi connectivity index (χ0n) is 14.7. The van der Waals surface area contributed by atoms with Gasteiger partial charge in [-0.3, -0.25) is 14.9 Å².